The van der Waals surface area contributed by atoms with Crippen LogP contribution < -0.4 is 5.32 Å². The fourth-order valence-corrected chi connectivity index (χ4v) is 2.22. The van der Waals surface area contributed by atoms with Crippen molar-refractivity contribution in [1.29, 1.82) is 0 Å². The lowest BCUT2D eigenvalue weighted by Gasteiger charge is -2.04. The van der Waals surface area contributed by atoms with Gasteiger partial charge in [-0.15, -0.1) is 0 Å². The maximum absolute atomic E-state index is 11.8. The molecule has 2 aromatic carbocycles. The molecule has 0 bridgehead atoms. The molecule has 1 N–H and O–H groups in total. The number of nitrogens with one attached hydrogen (secondary N) is 1. The van der Waals surface area contributed by atoms with Crippen molar-refractivity contribution in [1.82, 2.24) is 0 Å². The second-order valence-corrected chi connectivity index (χ2v) is 5.64. The third-order valence-corrected chi connectivity index (χ3v) is 3.93. The van der Waals surface area contributed by atoms with Crippen molar-refractivity contribution in [2.45, 2.75) is 0 Å². The number of para-hydroxylation sites is 1. The van der Waals surface area contributed by atoms with Gasteiger partial charge in [0.15, 0.2) is 0 Å². The average Bonchev–Trinajstić information content (AvgIpc) is 2.43. The van der Waals surface area contributed by atoms with Crippen LogP contribution in [0.2, 0.25) is 10.0 Å². The fourth-order valence-electron chi connectivity index (χ4n) is 1.52. The molecule has 0 aliphatic rings. The Morgan fingerprint density at radius 2 is 1.85 bits per heavy atom. The standard InChI is InChI=1S/C15H10BrCl2NO/c16-11-3-1-2-4-14(11)19-15(20)8-6-10-5-7-12(17)13(18)9-10/h1-9H,(H,19,20)/b8-6+. The number of hydrogen-bond donors (Lipinski definition) is 1. The van der Waals surface area contributed by atoms with Crippen LogP contribution in [0.3, 0.4) is 0 Å². The number of hydrogen-bond acceptors (Lipinski definition) is 1. The van der Waals surface area contributed by atoms with E-state index in [-0.39, 0.29) is 5.91 Å². The predicted molar refractivity (Wildman–Crippen MR) is 88.3 cm³/mol. The van der Waals surface area contributed by atoms with Crippen molar-refractivity contribution in [3.63, 3.8) is 0 Å². The molecule has 0 heterocycles. The summed E-state index contributed by atoms with van der Waals surface area (Å²) in [4.78, 5) is 11.8. The summed E-state index contributed by atoms with van der Waals surface area (Å²) in [5, 5.41) is 3.72. The van der Waals surface area contributed by atoms with Gasteiger partial charge in [-0.25, -0.2) is 0 Å². The van der Waals surface area contributed by atoms with Gasteiger partial charge in [0, 0.05) is 10.5 Å². The highest BCUT2D eigenvalue weighted by atomic mass is 79.9. The first-order chi connectivity index (χ1) is 9.56. The average molecular weight is 371 g/mol. The Morgan fingerprint density at radius 1 is 1.10 bits per heavy atom. The van der Waals surface area contributed by atoms with Crippen molar-refractivity contribution in [3.05, 3.63) is 68.6 Å². The van der Waals surface area contributed by atoms with Gasteiger partial charge in [0.2, 0.25) is 5.91 Å². The Morgan fingerprint density at radius 3 is 2.55 bits per heavy atom. The zero-order valence-electron chi connectivity index (χ0n) is 10.2. The number of benzene rings is 2. The molecule has 1 amide bonds. The first-order valence-electron chi connectivity index (χ1n) is 5.75. The predicted octanol–water partition coefficient (Wildman–Crippen LogP) is 5.41. The second-order valence-electron chi connectivity index (χ2n) is 3.98. The second kappa shape index (κ2) is 6.93. The normalized spacial score (nSPS) is 10.8. The van der Waals surface area contributed by atoms with Gasteiger partial charge in [-0.1, -0.05) is 41.4 Å². The Hall–Kier alpha value is -1.29. The molecule has 0 fully saturated rings. The van der Waals surface area contributed by atoms with Crippen molar-refractivity contribution in [2.75, 3.05) is 5.32 Å². The highest BCUT2D eigenvalue weighted by molar-refractivity contribution is 9.10. The number of carbonyl (C=O) groups is 1. The molecule has 0 aliphatic carbocycles. The first kappa shape index (κ1) is 15.1. The van der Waals surface area contributed by atoms with E-state index in [0.29, 0.717) is 10.0 Å². The van der Waals surface area contributed by atoms with E-state index in [4.69, 9.17) is 23.2 Å². The highest BCUT2D eigenvalue weighted by Gasteiger charge is 2.02. The van der Waals surface area contributed by atoms with Crippen molar-refractivity contribution >= 4 is 56.8 Å². The molecule has 5 heteroatoms. The molecule has 2 aromatic rings. The van der Waals surface area contributed by atoms with Crippen LogP contribution in [0.1, 0.15) is 5.56 Å². The van der Waals surface area contributed by atoms with Crippen molar-refractivity contribution in [2.24, 2.45) is 0 Å². The van der Waals surface area contributed by atoms with Gasteiger partial charge in [-0.05, 0) is 51.8 Å². The van der Waals surface area contributed by atoms with Crippen molar-refractivity contribution in [3.8, 4) is 0 Å². The van der Waals surface area contributed by atoms with Gasteiger partial charge in [0.25, 0.3) is 0 Å². The first-order valence-corrected chi connectivity index (χ1v) is 7.30. The van der Waals surface area contributed by atoms with Crippen LogP contribution in [-0.4, -0.2) is 5.91 Å². The summed E-state index contributed by atoms with van der Waals surface area (Å²) in [6.45, 7) is 0. The Labute approximate surface area is 135 Å². The van der Waals surface area contributed by atoms with E-state index in [1.54, 1.807) is 24.3 Å². The lowest BCUT2D eigenvalue weighted by atomic mass is 10.2. The summed E-state index contributed by atoms with van der Waals surface area (Å²) in [6.07, 6.45) is 3.12. The zero-order chi connectivity index (χ0) is 14.5. The van der Waals surface area contributed by atoms with Gasteiger partial charge in [0.05, 0.1) is 15.7 Å². The number of carbonyl (C=O) groups excluding carboxylic acids is 1. The third kappa shape index (κ3) is 4.10. The Balaban J connectivity index is 2.06. The van der Waals surface area contributed by atoms with E-state index in [0.717, 1.165) is 15.7 Å². The van der Waals surface area contributed by atoms with E-state index in [9.17, 15) is 4.79 Å². The molecule has 0 aliphatic heterocycles. The molecule has 0 radical (unpaired) electrons. The molecular weight excluding hydrogens is 361 g/mol. The summed E-state index contributed by atoms with van der Waals surface area (Å²) in [5.41, 5.74) is 1.53. The zero-order valence-corrected chi connectivity index (χ0v) is 13.3. The van der Waals surface area contributed by atoms with Crippen LogP contribution in [0.25, 0.3) is 6.08 Å². The van der Waals surface area contributed by atoms with Crippen LogP contribution in [-0.2, 0) is 4.79 Å². The van der Waals surface area contributed by atoms with Crippen LogP contribution in [0.15, 0.2) is 53.0 Å². The monoisotopic (exact) mass is 369 g/mol. The molecule has 20 heavy (non-hydrogen) atoms. The van der Waals surface area contributed by atoms with E-state index in [1.807, 2.05) is 24.3 Å². The van der Waals surface area contributed by atoms with E-state index in [1.165, 1.54) is 6.08 Å². The maximum Gasteiger partial charge on any atom is 0.248 e. The van der Waals surface area contributed by atoms with Crippen LogP contribution in [0.5, 0.6) is 0 Å². The molecule has 0 saturated heterocycles. The number of rotatable bonds is 3. The number of amides is 1. The van der Waals surface area contributed by atoms with Crippen LogP contribution >= 0.6 is 39.1 Å². The minimum atomic E-state index is -0.219. The smallest absolute Gasteiger partial charge is 0.248 e. The maximum atomic E-state index is 11.8. The van der Waals surface area contributed by atoms with Gasteiger partial charge in [0.1, 0.15) is 0 Å². The lowest BCUT2D eigenvalue weighted by molar-refractivity contribution is -0.111. The lowest BCUT2D eigenvalue weighted by Crippen LogP contribution is -2.07. The van der Waals surface area contributed by atoms with Crippen LogP contribution in [0.4, 0.5) is 5.69 Å². The number of anilines is 1. The minimum Gasteiger partial charge on any atom is -0.321 e. The summed E-state index contributed by atoms with van der Waals surface area (Å²) in [7, 11) is 0. The molecule has 2 nitrogen and oxygen atoms in total. The summed E-state index contributed by atoms with van der Waals surface area (Å²) < 4.78 is 0.830. The van der Waals surface area contributed by atoms with E-state index >= 15 is 0 Å². The Kier molecular flexibility index (Phi) is 5.24. The SMILES string of the molecule is O=C(/C=C/c1ccc(Cl)c(Cl)c1)Nc1ccccc1Br. The van der Waals surface area contributed by atoms with E-state index in [2.05, 4.69) is 21.2 Å². The molecule has 2 rings (SSSR count). The summed E-state index contributed by atoms with van der Waals surface area (Å²) in [5.74, 6) is -0.219. The van der Waals surface area contributed by atoms with Gasteiger partial charge in [-0.3, -0.25) is 4.79 Å². The number of halogens is 3. The third-order valence-electron chi connectivity index (χ3n) is 2.50. The molecule has 0 atom stereocenters. The van der Waals surface area contributed by atoms with Gasteiger partial charge >= 0.3 is 0 Å². The topological polar surface area (TPSA) is 29.1 Å². The molecule has 102 valence electrons. The summed E-state index contributed by atoms with van der Waals surface area (Å²) in [6, 6.07) is 12.6. The highest BCUT2D eigenvalue weighted by Crippen LogP contribution is 2.23. The molecule has 0 aromatic heterocycles. The molecular formula is C15H10BrCl2NO. The van der Waals surface area contributed by atoms with Gasteiger partial charge < -0.3 is 5.32 Å². The van der Waals surface area contributed by atoms with E-state index < -0.39 is 0 Å². The molecule has 0 spiro atoms. The molecule has 0 saturated carbocycles. The quantitative estimate of drug-likeness (QED) is 0.719. The minimum absolute atomic E-state index is 0.219. The fraction of sp³-hybridized carbons (Fsp3) is 0. The van der Waals surface area contributed by atoms with Gasteiger partial charge in [-0.2, -0.15) is 0 Å². The largest absolute Gasteiger partial charge is 0.321 e. The Bertz CT molecular complexity index is 671. The molecule has 0 unspecified atom stereocenters. The van der Waals surface area contributed by atoms with Crippen molar-refractivity contribution < 1.29 is 4.79 Å². The summed E-state index contributed by atoms with van der Waals surface area (Å²) >= 11 is 15.1. The van der Waals surface area contributed by atoms with Crippen LogP contribution in [0, 0.1) is 0 Å².